The van der Waals surface area contributed by atoms with Gasteiger partial charge in [0.05, 0.1) is 6.54 Å². The minimum atomic E-state index is 0.169. The van der Waals surface area contributed by atoms with Crippen LogP contribution in [0.2, 0.25) is 0 Å². The van der Waals surface area contributed by atoms with E-state index >= 15 is 0 Å². The maximum absolute atomic E-state index is 11.9. The number of nitrogens with zero attached hydrogens (tertiary/aromatic N) is 1. The predicted octanol–water partition coefficient (Wildman–Crippen LogP) is 1.21. The number of nitrogens with two attached hydrogens (primary N) is 1. The van der Waals surface area contributed by atoms with Crippen LogP contribution in [0.25, 0.3) is 0 Å². The Morgan fingerprint density at radius 3 is 2.61 bits per heavy atom. The molecule has 0 aromatic rings. The third-order valence-corrected chi connectivity index (χ3v) is 4.19. The van der Waals surface area contributed by atoms with E-state index in [1.807, 2.05) is 0 Å². The summed E-state index contributed by atoms with van der Waals surface area (Å²) < 4.78 is 0. The maximum atomic E-state index is 11.9. The van der Waals surface area contributed by atoms with Crippen LogP contribution in [0, 0.1) is 11.8 Å². The molecule has 18 heavy (non-hydrogen) atoms. The molecule has 1 rings (SSSR count). The molecule has 2 unspecified atom stereocenters. The van der Waals surface area contributed by atoms with E-state index in [9.17, 15) is 4.79 Å². The highest BCUT2D eigenvalue weighted by atomic mass is 16.2. The molecule has 4 heteroatoms. The molecular formula is C14H29N3O. The molecule has 0 radical (unpaired) electrons. The highest BCUT2D eigenvalue weighted by molar-refractivity contribution is 5.78. The number of hydrogen-bond acceptors (Lipinski definition) is 3. The third kappa shape index (κ3) is 4.58. The van der Waals surface area contributed by atoms with Crippen LogP contribution in [0.5, 0.6) is 0 Å². The van der Waals surface area contributed by atoms with Crippen molar-refractivity contribution < 1.29 is 4.79 Å². The van der Waals surface area contributed by atoms with Crippen molar-refractivity contribution in [1.29, 1.82) is 0 Å². The Morgan fingerprint density at radius 1 is 1.44 bits per heavy atom. The van der Waals surface area contributed by atoms with Crippen molar-refractivity contribution in [2.24, 2.45) is 17.6 Å². The van der Waals surface area contributed by atoms with Crippen molar-refractivity contribution >= 4 is 5.91 Å². The first-order chi connectivity index (χ1) is 8.60. The fourth-order valence-corrected chi connectivity index (χ4v) is 2.74. The molecule has 1 heterocycles. The van der Waals surface area contributed by atoms with Gasteiger partial charge in [0.15, 0.2) is 0 Å². The summed E-state index contributed by atoms with van der Waals surface area (Å²) in [5, 5.41) is 3.10. The summed E-state index contributed by atoms with van der Waals surface area (Å²) in [7, 11) is 0. The molecule has 0 aliphatic carbocycles. The van der Waals surface area contributed by atoms with E-state index in [-0.39, 0.29) is 5.91 Å². The number of likely N-dealkylation sites (tertiary alicyclic amines) is 1. The van der Waals surface area contributed by atoms with E-state index in [1.165, 1.54) is 0 Å². The normalized spacial score (nSPS) is 25.4. The summed E-state index contributed by atoms with van der Waals surface area (Å²) in [6.07, 6.45) is 3.14. The Hall–Kier alpha value is -0.610. The van der Waals surface area contributed by atoms with Gasteiger partial charge in [-0.2, -0.15) is 0 Å². The van der Waals surface area contributed by atoms with E-state index in [1.54, 1.807) is 0 Å². The van der Waals surface area contributed by atoms with E-state index in [2.05, 4.69) is 31.0 Å². The smallest absolute Gasteiger partial charge is 0.234 e. The number of rotatable bonds is 6. The van der Waals surface area contributed by atoms with Crippen LogP contribution in [0.3, 0.4) is 0 Å². The molecule has 2 atom stereocenters. The summed E-state index contributed by atoms with van der Waals surface area (Å²) >= 11 is 0. The lowest BCUT2D eigenvalue weighted by atomic mass is 9.87. The van der Waals surface area contributed by atoms with Gasteiger partial charge < -0.3 is 11.1 Å². The lowest BCUT2D eigenvalue weighted by Crippen LogP contribution is -2.47. The topological polar surface area (TPSA) is 58.4 Å². The number of hydrogen-bond donors (Lipinski definition) is 2. The fraction of sp³-hybridized carbons (Fsp3) is 0.929. The number of piperidine rings is 1. The van der Waals surface area contributed by atoms with E-state index in [4.69, 9.17) is 5.73 Å². The minimum absolute atomic E-state index is 0.169. The van der Waals surface area contributed by atoms with Gasteiger partial charge in [0, 0.05) is 12.6 Å². The summed E-state index contributed by atoms with van der Waals surface area (Å²) in [6.45, 7) is 9.78. The average Bonchev–Trinajstić information content (AvgIpc) is 2.36. The summed E-state index contributed by atoms with van der Waals surface area (Å²) in [6, 6.07) is 0.330. The van der Waals surface area contributed by atoms with Crippen LogP contribution >= 0.6 is 0 Å². The standard InChI is InChI=1S/C14H29N3O/c1-4-13(5-2)16-14(18)10-17-7-6-12(8-15)11(3)9-17/h11-13H,4-10,15H2,1-3H3,(H,16,18). The zero-order chi connectivity index (χ0) is 13.5. The zero-order valence-electron chi connectivity index (χ0n) is 12.1. The molecule has 0 saturated carbocycles. The molecule has 0 aromatic heterocycles. The SMILES string of the molecule is CCC(CC)NC(=O)CN1CCC(CN)C(C)C1. The van der Waals surface area contributed by atoms with Gasteiger partial charge in [-0.15, -0.1) is 0 Å². The van der Waals surface area contributed by atoms with Crippen LogP contribution < -0.4 is 11.1 Å². The number of nitrogens with one attached hydrogen (secondary N) is 1. The summed E-state index contributed by atoms with van der Waals surface area (Å²) in [4.78, 5) is 14.2. The van der Waals surface area contributed by atoms with Crippen molar-refractivity contribution in [1.82, 2.24) is 10.2 Å². The van der Waals surface area contributed by atoms with Crippen molar-refractivity contribution in [2.45, 2.75) is 46.1 Å². The average molecular weight is 255 g/mol. The summed E-state index contributed by atoms with van der Waals surface area (Å²) in [5.41, 5.74) is 5.74. The van der Waals surface area contributed by atoms with E-state index in [0.29, 0.717) is 24.4 Å². The highest BCUT2D eigenvalue weighted by Gasteiger charge is 2.26. The molecular weight excluding hydrogens is 226 g/mol. The van der Waals surface area contributed by atoms with Gasteiger partial charge in [-0.3, -0.25) is 9.69 Å². The Morgan fingerprint density at radius 2 is 2.11 bits per heavy atom. The van der Waals surface area contributed by atoms with Gasteiger partial charge >= 0.3 is 0 Å². The van der Waals surface area contributed by atoms with Gasteiger partial charge in [-0.1, -0.05) is 20.8 Å². The quantitative estimate of drug-likeness (QED) is 0.750. The second-order valence-electron chi connectivity index (χ2n) is 5.58. The molecule has 1 aliphatic rings. The Bertz CT molecular complexity index is 253. The van der Waals surface area contributed by atoms with Gasteiger partial charge in [-0.05, 0) is 44.2 Å². The lowest BCUT2D eigenvalue weighted by molar-refractivity contribution is -0.123. The lowest BCUT2D eigenvalue weighted by Gasteiger charge is -2.36. The monoisotopic (exact) mass is 255 g/mol. The number of carbonyl (C=O) groups is 1. The minimum Gasteiger partial charge on any atom is -0.352 e. The van der Waals surface area contributed by atoms with Crippen LogP contribution in [0.15, 0.2) is 0 Å². The van der Waals surface area contributed by atoms with Crippen LogP contribution in [0.4, 0.5) is 0 Å². The van der Waals surface area contributed by atoms with Crippen LogP contribution in [-0.2, 0) is 4.79 Å². The predicted molar refractivity (Wildman–Crippen MR) is 75.3 cm³/mol. The maximum Gasteiger partial charge on any atom is 0.234 e. The second kappa shape index (κ2) is 7.74. The van der Waals surface area contributed by atoms with Crippen LogP contribution in [0.1, 0.15) is 40.0 Å². The molecule has 1 fully saturated rings. The van der Waals surface area contributed by atoms with E-state index in [0.717, 1.165) is 38.9 Å². The number of amides is 1. The Kier molecular flexibility index (Phi) is 6.65. The molecule has 3 N–H and O–H groups in total. The largest absolute Gasteiger partial charge is 0.352 e. The Balaban J connectivity index is 2.33. The van der Waals surface area contributed by atoms with Crippen LogP contribution in [-0.4, -0.2) is 43.0 Å². The van der Waals surface area contributed by atoms with Gasteiger partial charge in [0.2, 0.25) is 5.91 Å². The first-order valence-electron chi connectivity index (χ1n) is 7.32. The molecule has 0 spiro atoms. The molecule has 1 amide bonds. The van der Waals surface area contributed by atoms with Gasteiger partial charge in [0.1, 0.15) is 0 Å². The highest BCUT2D eigenvalue weighted by Crippen LogP contribution is 2.21. The number of carbonyl (C=O) groups excluding carboxylic acids is 1. The first-order valence-corrected chi connectivity index (χ1v) is 7.32. The fourth-order valence-electron chi connectivity index (χ4n) is 2.74. The van der Waals surface area contributed by atoms with Crippen molar-refractivity contribution in [3.8, 4) is 0 Å². The van der Waals surface area contributed by atoms with Crippen molar-refractivity contribution in [2.75, 3.05) is 26.2 Å². The molecule has 1 aliphatic heterocycles. The second-order valence-corrected chi connectivity index (χ2v) is 5.58. The van der Waals surface area contributed by atoms with Crippen molar-refractivity contribution in [3.05, 3.63) is 0 Å². The molecule has 1 saturated heterocycles. The van der Waals surface area contributed by atoms with Gasteiger partial charge in [-0.25, -0.2) is 0 Å². The zero-order valence-corrected chi connectivity index (χ0v) is 12.1. The van der Waals surface area contributed by atoms with Gasteiger partial charge in [0.25, 0.3) is 0 Å². The molecule has 0 bridgehead atoms. The molecule has 4 nitrogen and oxygen atoms in total. The summed E-state index contributed by atoms with van der Waals surface area (Å²) in [5.74, 6) is 1.40. The van der Waals surface area contributed by atoms with Crippen molar-refractivity contribution in [3.63, 3.8) is 0 Å². The van der Waals surface area contributed by atoms with E-state index < -0.39 is 0 Å². The third-order valence-electron chi connectivity index (χ3n) is 4.19. The molecule has 106 valence electrons. The Labute approximate surface area is 111 Å². The first kappa shape index (κ1) is 15.4. The molecule has 0 aromatic carbocycles.